The predicted octanol–water partition coefficient (Wildman–Crippen LogP) is 4.52. The first-order chi connectivity index (χ1) is 13.8. The zero-order valence-corrected chi connectivity index (χ0v) is 17.8. The fourth-order valence-corrected chi connectivity index (χ4v) is 4.34. The summed E-state index contributed by atoms with van der Waals surface area (Å²) in [6, 6.07) is 13.2. The lowest BCUT2D eigenvalue weighted by Crippen LogP contribution is -2.48. The van der Waals surface area contributed by atoms with Gasteiger partial charge in [0, 0.05) is 36.9 Å². The Labute approximate surface area is 176 Å². The van der Waals surface area contributed by atoms with Crippen LogP contribution in [0.25, 0.3) is 10.9 Å². The number of fused-ring (bicyclic) bond motifs is 1. The van der Waals surface area contributed by atoms with Crippen molar-refractivity contribution < 1.29 is 23.8 Å². The van der Waals surface area contributed by atoms with Gasteiger partial charge in [0.25, 0.3) is 5.79 Å². The summed E-state index contributed by atoms with van der Waals surface area (Å²) in [5.74, 6) is -3.55. The van der Waals surface area contributed by atoms with E-state index in [-0.39, 0.29) is 0 Å². The molecule has 2 aromatic carbocycles. The van der Waals surface area contributed by atoms with Gasteiger partial charge in [-0.2, -0.15) is 0 Å². The molecular weight excluding hydrogens is 438 g/mol. The Morgan fingerprint density at radius 1 is 1.10 bits per heavy atom. The highest BCUT2D eigenvalue weighted by molar-refractivity contribution is 9.10. The van der Waals surface area contributed by atoms with E-state index in [0.29, 0.717) is 5.75 Å². The summed E-state index contributed by atoms with van der Waals surface area (Å²) in [7, 11) is 1.58. The van der Waals surface area contributed by atoms with Crippen LogP contribution in [0.5, 0.6) is 5.75 Å². The van der Waals surface area contributed by atoms with Gasteiger partial charge in [-0.15, -0.1) is 0 Å². The van der Waals surface area contributed by atoms with Gasteiger partial charge in [-0.25, -0.2) is 0 Å². The quantitative estimate of drug-likeness (QED) is 0.460. The van der Waals surface area contributed by atoms with E-state index in [1.807, 2.05) is 42.6 Å². The number of nitrogens with one attached hydrogen (secondary N) is 1. The maximum atomic E-state index is 12.9. The number of esters is 2. The highest BCUT2D eigenvalue weighted by atomic mass is 79.9. The van der Waals surface area contributed by atoms with E-state index in [9.17, 15) is 9.59 Å². The normalized spacial score (nSPS) is 17.7. The van der Waals surface area contributed by atoms with E-state index >= 15 is 0 Å². The average Bonchev–Trinajstić information content (AvgIpc) is 3.07. The van der Waals surface area contributed by atoms with Crippen LogP contribution in [0, 0.1) is 5.92 Å². The van der Waals surface area contributed by atoms with Gasteiger partial charge >= 0.3 is 11.9 Å². The van der Waals surface area contributed by atoms with E-state index in [2.05, 4.69) is 20.9 Å². The van der Waals surface area contributed by atoms with Gasteiger partial charge in [0.2, 0.25) is 0 Å². The van der Waals surface area contributed by atoms with Crippen LogP contribution < -0.4 is 4.74 Å². The molecule has 29 heavy (non-hydrogen) atoms. The molecule has 0 aliphatic carbocycles. The molecule has 150 valence electrons. The summed E-state index contributed by atoms with van der Waals surface area (Å²) in [6.07, 6.45) is 1.83. The van der Waals surface area contributed by atoms with Crippen LogP contribution in [0.3, 0.4) is 0 Å². The highest BCUT2D eigenvalue weighted by Gasteiger charge is 2.48. The third kappa shape index (κ3) is 3.51. The number of aromatic amines is 1. The minimum Gasteiger partial charge on any atom is -0.496 e. The Balaban J connectivity index is 1.89. The van der Waals surface area contributed by atoms with Crippen LogP contribution >= 0.6 is 15.9 Å². The molecule has 7 heteroatoms. The van der Waals surface area contributed by atoms with E-state index < -0.39 is 29.6 Å². The summed E-state index contributed by atoms with van der Waals surface area (Å²) >= 11 is 3.50. The molecule has 1 saturated heterocycles. The molecule has 1 atom stereocenters. The zero-order chi connectivity index (χ0) is 20.8. The summed E-state index contributed by atoms with van der Waals surface area (Å²) in [5.41, 5.74) is 2.50. The number of halogens is 1. The smallest absolute Gasteiger partial charge is 0.324 e. The minimum atomic E-state index is -1.28. The second-order valence-electron chi connectivity index (χ2n) is 7.38. The van der Waals surface area contributed by atoms with Crippen LogP contribution in [0.2, 0.25) is 0 Å². The Kier molecular flexibility index (Phi) is 4.86. The van der Waals surface area contributed by atoms with Crippen molar-refractivity contribution in [1.29, 1.82) is 0 Å². The Bertz CT molecular complexity index is 1080. The number of methoxy groups -OCH3 is 1. The van der Waals surface area contributed by atoms with Gasteiger partial charge in [0.1, 0.15) is 5.75 Å². The summed E-state index contributed by atoms with van der Waals surface area (Å²) in [6.45, 7) is 3.09. The maximum absolute atomic E-state index is 12.9. The lowest BCUT2D eigenvalue weighted by Gasteiger charge is -2.36. The third-order valence-corrected chi connectivity index (χ3v) is 5.64. The molecule has 0 saturated carbocycles. The number of rotatable bonds is 4. The largest absolute Gasteiger partial charge is 0.496 e. The third-order valence-electron chi connectivity index (χ3n) is 5.03. The van der Waals surface area contributed by atoms with Gasteiger partial charge in [-0.3, -0.25) is 9.59 Å². The molecule has 0 spiro atoms. The maximum Gasteiger partial charge on any atom is 0.324 e. The van der Waals surface area contributed by atoms with Crippen LogP contribution in [0.4, 0.5) is 0 Å². The SMILES string of the molecule is COc1ccc([C@H](c2c[nH]c3ccccc23)C2C(=O)OC(C)(C)OC2=O)cc1Br. The van der Waals surface area contributed by atoms with Crippen LogP contribution in [0.1, 0.15) is 30.9 Å². The number of cyclic esters (lactones) is 2. The van der Waals surface area contributed by atoms with Crippen molar-refractivity contribution in [3.63, 3.8) is 0 Å². The molecule has 1 aliphatic heterocycles. The Morgan fingerprint density at radius 2 is 1.79 bits per heavy atom. The van der Waals surface area contributed by atoms with Gasteiger partial charge in [0.05, 0.1) is 11.6 Å². The van der Waals surface area contributed by atoms with Crippen LogP contribution in [0.15, 0.2) is 53.1 Å². The van der Waals surface area contributed by atoms with Gasteiger partial charge in [0.15, 0.2) is 5.92 Å². The summed E-state index contributed by atoms with van der Waals surface area (Å²) in [5, 5.41) is 0.926. The molecule has 0 bridgehead atoms. The number of carbonyl (C=O) groups is 2. The van der Waals surface area contributed by atoms with Crippen LogP contribution in [-0.4, -0.2) is 29.8 Å². The standard InChI is InChI=1S/C22H20BrNO5/c1-22(2)28-20(25)19(21(26)29-22)18(12-8-9-17(27-3)15(23)10-12)14-11-24-16-7-5-4-6-13(14)16/h4-11,18-19,24H,1-3H3/t18-/m1/s1. The number of H-pyrrole nitrogens is 1. The fourth-order valence-electron chi connectivity index (χ4n) is 3.78. The number of para-hydroxylation sites is 1. The molecule has 1 fully saturated rings. The lowest BCUT2D eigenvalue weighted by molar-refractivity contribution is -0.240. The van der Waals surface area contributed by atoms with Crippen molar-refractivity contribution in [3.05, 3.63) is 64.3 Å². The molecule has 6 nitrogen and oxygen atoms in total. The topological polar surface area (TPSA) is 77.6 Å². The van der Waals surface area contributed by atoms with Crippen molar-refractivity contribution in [3.8, 4) is 5.75 Å². The van der Waals surface area contributed by atoms with E-state index in [4.69, 9.17) is 14.2 Å². The molecule has 4 rings (SSSR count). The van der Waals surface area contributed by atoms with Crippen molar-refractivity contribution in [2.24, 2.45) is 5.92 Å². The number of hydrogen-bond acceptors (Lipinski definition) is 5. The molecule has 0 amide bonds. The summed E-state index contributed by atoms with van der Waals surface area (Å²) < 4.78 is 16.9. The minimum absolute atomic E-state index is 0.593. The first-order valence-corrected chi connectivity index (χ1v) is 9.95. The molecule has 2 heterocycles. The monoisotopic (exact) mass is 457 g/mol. The number of hydrogen-bond donors (Lipinski definition) is 1. The predicted molar refractivity (Wildman–Crippen MR) is 111 cm³/mol. The summed E-state index contributed by atoms with van der Waals surface area (Å²) in [4.78, 5) is 29.0. The molecular formula is C22H20BrNO5. The number of benzene rings is 2. The number of carbonyl (C=O) groups excluding carboxylic acids is 2. The lowest BCUT2D eigenvalue weighted by atomic mass is 9.80. The van der Waals surface area contributed by atoms with Crippen molar-refractivity contribution >= 4 is 38.8 Å². The van der Waals surface area contributed by atoms with Crippen molar-refractivity contribution in [2.45, 2.75) is 25.6 Å². The average molecular weight is 458 g/mol. The Morgan fingerprint density at radius 3 is 2.45 bits per heavy atom. The van der Waals surface area contributed by atoms with Gasteiger partial charge in [-0.1, -0.05) is 24.3 Å². The Hall–Kier alpha value is -2.80. The van der Waals surface area contributed by atoms with Crippen molar-refractivity contribution in [1.82, 2.24) is 4.98 Å². The van der Waals surface area contributed by atoms with E-state index in [0.717, 1.165) is 26.5 Å². The molecule has 1 aromatic heterocycles. The molecule has 1 N–H and O–H groups in total. The number of ether oxygens (including phenoxy) is 3. The first-order valence-electron chi connectivity index (χ1n) is 9.16. The van der Waals surface area contributed by atoms with E-state index in [1.54, 1.807) is 27.0 Å². The van der Waals surface area contributed by atoms with Crippen molar-refractivity contribution in [2.75, 3.05) is 7.11 Å². The zero-order valence-electron chi connectivity index (χ0n) is 16.2. The molecule has 3 aromatic rings. The second-order valence-corrected chi connectivity index (χ2v) is 8.24. The fraction of sp³-hybridized carbons (Fsp3) is 0.273. The molecule has 0 radical (unpaired) electrons. The van der Waals surface area contributed by atoms with Gasteiger partial charge < -0.3 is 19.2 Å². The number of aromatic nitrogens is 1. The highest BCUT2D eigenvalue weighted by Crippen LogP contribution is 2.42. The second kappa shape index (κ2) is 7.22. The van der Waals surface area contributed by atoms with Crippen LogP contribution in [-0.2, 0) is 19.1 Å². The molecule has 0 unspecified atom stereocenters. The first kappa shape index (κ1) is 19.5. The molecule has 1 aliphatic rings. The van der Waals surface area contributed by atoms with E-state index in [1.165, 1.54) is 0 Å². The van der Waals surface area contributed by atoms with Gasteiger partial charge in [-0.05, 0) is 45.3 Å².